The second-order valence-corrected chi connectivity index (χ2v) is 7.23. The van der Waals surface area contributed by atoms with Gasteiger partial charge in [-0.05, 0) is 36.3 Å². The van der Waals surface area contributed by atoms with Crippen LogP contribution in [0.5, 0.6) is 0 Å². The van der Waals surface area contributed by atoms with E-state index in [1.807, 2.05) is 0 Å². The van der Waals surface area contributed by atoms with E-state index in [1.165, 1.54) is 37.6 Å². The average molecular weight is 339 g/mol. The van der Waals surface area contributed by atoms with Crippen molar-refractivity contribution >= 4 is 5.91 Å². The lowest BCUT2D eigenvalue weighted by atomic mass is 9.85. The van der Waals surface area contributed by atoms with Crippen LogP contribution in [0.25, 0.3) is 0 Å². The van der Waals surface area contributed by atoms with Crippen molar-refractivity contribution in [2.24, 2.45) is 5.92 Å². The number of aromatic nitrogens is 3. The third-order valence-corrected chi connectivity index (χ3v) is 5.48. The van der Waals surface area contributed by atoms with Crippen LogP contribution in [0.4, 0.5) is 0 Å². The molecule has 0 bridgehead atoms. The van der Waals surface area contributed by atoms with E-state index in [-0.39, 0.29) is 11.9 Å². The molecule has 2 heterocycles. The third kappa shape index (κ3) is 3.90. The Bertz CT molecular complexity index is 683. The molecule has 1 saturated heterocycles. The molecule has 1 saturated carbocycles. The lowest BCUT2D eigenvalue weighted by molar-refractivity contribution is -0.123. The minimum Gasteiger partial charge on any atom is -0.351 e. The summed E-state index contributed by atoms with van der Waals surface area (Å²) in [5, 5.41) is 10.7. The highest BCUT2D eigenvalue weighted by Gasteiger charge is 2.37. The normalized spacial score (nSPS) is 25.5. The van der Waals surface area contributed by atoms with Gasteiger partial charge in [0.1, 0.15) is 12.7 Å². The maximum atomic E-state index is 12.4. The van der Waals surface area contributed by atoms with E-state index in [0.717, 1.165) is 12.0 Å². The van der Waals surface area contributed by atoms with Gasteiger partial charge in [0.2, 0.25) is 5.91 Å². The first-order valence-corrected chi connectivity index (χ1v) is 9.22. The highest BCUT2D eigenvalue weighted by molar-refractivity contribution is 5.82. The molecule has 1 aromatic heterocycles. The van der Waals surface area contributed by atoms with Gasteiger partial charge >= 0.3 is 0 Å². The van der Waals surface area contributed by atoms with Crippen LogP contribution in [0.1, 0.15) is 43.2 Å². The van der Waals surface area contributed by atoms with Gasteiger partial charge in [0.05, 0.1) is 12.6 Å². The summed E-state index contributed by atoms with van der Waals surface area (Å²) in [6.07, 6.45) is 9.35. The molecule has 2 N–H and O–H groups in total. The van der Waals surface area contributed by atoms with Crippen molar-refractivity contribution < 1.29 is 4.79 Å². The van der Waals surface area contributed by atoms with Crippen LogP contribution in [-0.2, 0) is 17.9 Å². The van der Waals surface area contributed by atoms with Crippen LogP contribution in [0, 0.1) is 5.92 Å². The van der Waals surface area contributed by atoms with E-state index < -0.39 is 0 Å². The van der Waals surface area contributed by atoms with Crippen LogP contribution >= 0.6 is 0 Å². The maximum Gasteiger partial charge on any atom is 0.237 e. The number of carbonyl (C=O) groups excluding carboxylic acids is 1. The van der Waals surface area contributed by atoms with Crippen molar-refractivity contribution in [2.45, 2.75) is 57.3 Å². The van der Waals surface area contributed by atoms with Crippen LogP contribution in [0.2, 0.25) is 0 Å². The first-order valence-electron chi connectivity index (χ1n) is 9.22. The van der Waals surface area contributed by atoms with E-state index in [2.05, 4.69) is 45.0 Å². The summed E-state index contributed by atoms with van der Waals surface area (Å²) in [7, 11) is 0. The standard InChI is InChI=1S/C19H25N5O/c25-19(18-9-16-3-1-2-4-17(16)23-18)21-10-14-5-7-15(8-6-14)11-24-13-20-12-22-24/h5-8,12-13,16-18,23H,1-4,9-11H2,(H,21,25). The number of nitrogens with zero attached hydrogens (tertiary/aromatic N) is 3. The number of rotatable bonds is 5. The minimum absolute atomic E-state index is 0.0142. The van der Waals surface area contributed by atoms with Crippen LogP contribution in [-0.4, -0.2) is 32.8 Å². The Balaban J connectivity index is 1.27. The average Bonchev–Trinajstić information content (AvgIpc) is 3.30. The van der Waals surface area contributed by atoms with Gasteiger partial charge in [0.25, 0.3) is 0 Å². The zero-order valence-corrected chi connectivity index (χ0v) is 14.4. The minimum atomic E-state index is -0.0142. The molecule has 1 aromatic carbocycles. The Hall–Kier alpha value is -2.21. The second kappa shape index (κ2) is 7.35. The van der Waals surface area contributed by atoms with Crippen molar-refractivity contribution in [3.8, 4) is 0 Å². The Morgan fingerprint density at radius 1 is 1.20 bits per heavy atom. The highest BCUT2D eigenvalue weighted by atomic mass is 16.2. The number of benzene rings is 1. The molecule has 0 spiro atoms. The summed E-state index contributed by atoms with van der Waals surface area (Å²) in [5.74, 6) is 0.835. The molecule has 1 aliphatic carbocycles. The Morgan fingerprint density at radius 3 is 2.76 bits per heavy atom. The highest BCUT2D eigenvalue weighted by Crippen LogP contribution is 2.33. The molecule has 6 heteroatoms. The van der Waals surface area contributed by atoms with E-state index in [9.17, 15) is 4.79 Å². The number of nitrogens with one attached hydrogen (secondary N) is 2. The van der Waals surface area contributed by atoms with Gasteiger partial charge in [0.15, 0.2) is 0 Å². The molecule has 4 rings (SSSR count). The number of fused-ring (bicyclic) bond motifs is 1. The Labute approximate surface area is 148 Å². The topological polar surface area (TPSA) is 71.8 Å². The monoisotopic (exact) mass is 339 g/mol. The largest absolute Gasteiger partial charge is 0.351 e. The summed E-state index contributed by atoms with van der Waals surface area (Å²) in [4.78, 5) is 16.4. The number of amides is 1. The van der Waals surface area contributed by atoms with Gasteiger partial charge in [-0.3, -0.25) is 4.79 Å². The van der Waals surface area contributed by atoms with Crippen molar-refractivity contribution in [1.29, 1.82) is 0 Å². The molecule has 6 nitrogen and oxygen atoms in total. The van der Waals surface area contributed by atoms with E-state index >= 15 is 0 Å². The molecule has 2 aromatic rings. The predicted molar refractivity (Wildman–Crippen MR) is 94.7 cm³/mol. The van der Waals surface area contributed by atoms with Crippen molar-refractivity contribution in [3.05, 3.63) is 48.0 Å². The molecule has 3 atom stereocenters. The molecule has 1 aliphatic heterocycles. The summed E-state index contributed by atoms with van der Waals surface area (Å²) < 4.78 is 1.79. The zero-order valence-electron chi connectivity index (χ0n) is 14.4. The van der Waals surface area contributed by atoms with Gasteiger partial charge in [-0.1, -0.05) is 37.1 Å². The Kier molecular flexibility index (Phi) is 4.78. The lowest BCUT2D eigenvalue weighted by Crippen LogP contribution is -2.42. The molecule has 2 aliphatic rings. The maximum absolute atomic E-state index is 12.4. The second-order valence-electron chi connectivity index (χ2n) is 7.23. The predicted octanol–water partition coefficient (Wildman–Crippen LogP) is 1.86. The Morgan fingerprint density at radius 2 is 2.00 bits per heavy atom. The molecule has 2 fully saturated rings. The summed E-state index contributed by atoms with van der Waals surface area (Å²) in [6, 6.07) is 8.82. The van der Waals surface area contributed by atoms with Crippen molar-refractivity contribution in [3.63, 3.8) is 0 Å². The summed E-state index contributed by atoms with van der Waals surface area (Å²) in [5.41, 5.74) is 2.29. The zero-order chi connectivity index (χ0) is 17.1. The smallest absolute Gasteiger partial charge is 0.237 e. The van der Waals surface area contributed by atoms with Crippen LogP contribution in [0.3, 0.4) is 0 Å². The molecular weight excluding hydrogens is 314 g/mol. The third-order valence-electron chi connectivity index (χ3n) is 5.48. The summed E-state index contributed by atoms with van der Waals surface area (Å²) in [6.45, 7) is 1.29. The molecule has 132 valence electrons. The number of hydrogen-bond acceptors (Lipinski definition) is 4. The van der Waals surface area contributed by atoms with Crippen LogP contribution < -0.4 is 10.6 Å². The van der Waals surface area contributed by atoms with Gasteiger partial charge < -0.3 is 10.6 Å². The van der Waals surface area contributed by atoms with Gasteiger partial charge in [-0.2, -0.15) is 5.10 Å². The van der Waals surface area contributed by atoms with Crippen molar-refractivity contribution in [2.75, 3.05) is 0 Å². The molecule has 25 heavy (non-hydrogen) atoms. The fourth-order valence-corrected chi connectivity index (χ4v) is 4.10. The number of carbonyl (C=O) groups is 1. The quantitative estimate of drug-likeness (QED) is 0.872. The van der Waals surface area contributed by atoms with E-state index in [4.69, 9.17) is 0 Å². The fourth-order valence-electron chi connectivity index (χ4n) is 4.10. The lowest BCUT2D eigenvalue weighted by Gasteiger charge is -2.24. The summed E-state index contributed by atoms with van der Waals surface area (Å²) >= 11 is 0. The van der Waals surface area contributed by atoms with E-state index in [1.54, 1.807) is 11.0 Å². The SMILES string of the molecule is O=C(NCc1ccc(Cn2cncn2)cc1)C1CC2CCCCC2N1. The van der Waals surface area contributed by atoms with Crippen molar-refractivity contribution in [1.82, 2.24) is 25.4 Å². The van der Waals surface area contributed by atoms with Crippen LogP contribution in [0.15, 0.2) is 36.9 Å². The first kappa shape index (κ1) is 16.3. The molecular formula is C19H25N5O. The molecule has 1 amide bonds. The number of hydrogen-bond donors (Lipinski definition) is 2. The van der Waals surface area contributed by atoms with Gasteiger partial charge in [0, 0.05) is 12.6 Å². The van der Waals surface area contributed by atoms with Gasteiger partial charge in [-0.15, -0.1) is 0 Å². The van der Waals surface area contributed by atoms with Gasteiger partial charge in [-0.25, -0.2) is 9.67 Å². The first-order chi connectivity index (χ1) is 12.3. The molecule has 0 radical (unpaired) electrons. The molecule has 3 unspecified atom stereocenters. The van der Waals surface area contributed by atoms with E-state index in [0.29, 0.717) is 25.0 Å². The fraction of sp³-hybridized carbons (Fsp3) is 0.526.